The molecule has 22 heavy (non-hydrogen) atoms. The highest BCUT2D eigenvalue weighted by Crippen LogP contribution is 2.46. The Balaban J connectivity index is 2.80. The Morgan fingerprint density at radius 1 is 1.09 bits per heavy atom. The van der Waals surface area contributed by atoms with Gasteiger partial charge in [0.2, 0.25) is 0 Å². The smallest absolute Gasteiger partial charge is 0.179 e. The number of aliphatic hydroxyl groups is 1. The van der Waals surface area contributed by atoms with Crippen molar-refractivity contribution < 1.29 is 14.7 Å². The molecule has 0 spiro atoms. The van der Waals surface area contributed by atoms with Crippen LogP contribution >= 0.6 is 15.9 Å². The number of hydrogen-bond acceptors (Lipinski definition) is 3. The Bertz CT molecular complexity index is 696. The summed E-state index contributed by atoms with van der Waals surface area (Å²) < 4.78 is 0.922. The Morgan fingerprint density at radius 3 is 2.23 bits per heavy atom. The molecule has 118 valence electrons. The minimum atomic E-state index is -1.14. The van der Waals surface area contributed by atoms with Crippen LogP contribution in [-0.2, 0) is 16.0 Å². The van der Waals surface area contributed by atoms with Crippen LogP contribution in [-0.4, -0.2) is 16.7 Å². The predicted molar refractivity (Wildman–Crippen MR) is 90.6 cm³/mol. The van der Waals surface area contributed by atoms with Crippen LogP contribution in [0.5, 0.6) is 0 Å². The molecule has 1 aliphatic carbocycles. The fourth-order valence-corrected chi connectivity index (χ4v) is 3.48. The molecule has 0 bridgehead atoms. The van der Waals surface area contributed by atoms with Gasteiger partial charge in [-0.05, 0) is 57.4 Å². The van der Waals surface area contributed by atoms with E-state index in [1.807, 2.05) is 25.1 Å². The van der Waals surface area contributed by atoms with Crippen LogP contribution in [0, 0.1) is 10.8 Å². The normalized spacial score (nSPS) is 20.5. The zero-order valence-electron chi connectivity index (χ0n) is 13.6. The standard InChI is InChI=1S/C18H21BrO3/c1-6-10-9-11(19)7-8-12(10)13-14(20)17(2,3)16(22)18(4,5)15(13)21/h7-9,20H,6H2,1-5H3. The van der Waals surface area contributed by atoms with E-state index in [1.165, 1.54) is 0 Å². The molecule has 0 aromatic heterocycles. The average Bonchev–Trinajstić information content (AvgIpc) is 2.46. The van der Waals surface area contributed by atoms with Crippen molar-refractivity contribution in [3.63, 3.8) is 0 Å². The molecular weight excluding hydrogens is 344 g/mol. The topological polar surface area (TPSA) is 54.4 Å². The maximum Gasteiger partial charge on any atom is 0.179 e. The summed E-state index contributed by atoms with van der Waals surface area (Å²) in [6.07, 6.45) is 0.730. The second-order valence-electron chi connectivity index (χ2n) is 6.79. The monoisotopic (exact) mass is 364 g/mol. The summed E-state index contributed by atoms with van der Waals surface area (Å²) >= 11 is 3.43. The Hall–Kier alpha value is -1.42. The maximum atomic E-state index is 12.9. The summed E-state index contributed by atoms with van der Waals surface area (Å²) in [6.45, 7) is 8.61. The number of halogens is 1. The van der Waals surface area contributed by atoms with Gasteiger partial charge in [-0.15, -0.1) is 0 Å². The first-order chi connectivity index (χ1) is 10.0. The fraction of sp³-hybridized carbons (Fsp3) is 0.444. The van der Waals surface area contributed by atoms with Gasteiger partial charge in [0.05, 0.1) is 16.4 Å². The van der Waals surface area contributed by atoms with Crippen molar-refractivity contribution in [3.05, 3.63) is 39.6 Å². The van der Waals surface area contributed by atoms with Crippen LogP contribution < -0.4 is 0 Å². The number of carbonyl (C=O) groups is 2. The number of benzene rings is 1. The fourth-order valence-electron chi connectivity index (χ4n) is 3.07. The highest BCUT2D eigenvalue weighted by molar-refractivity contribution is 9.10. The summed E-state index contributed by atoms with van der Waals surface area (Å²) in [5, 5.41) is 10.6. The van der Waals surface area contributed by atoms with E-state index in [-0.39, 0.29) is 22.9 Å². The molecule has 0 heterocycles. The van der Waals surface area contributed by atoms with Gasteiger partial charge in [-0.2, -0.15) is 0 Å². The molecule has 2 rings (SSSR count). The van der Waals surface area contributed by atoms with Crippen molar-refractivity contribution >= 4 is 33.1 Å². The molecule has 0 amide bonds. The number of aliphatic hydroxyl groups excluding tert-OH is 1. The maximum absolute atomic E-state index is 12.9. The molecule has 1 N–H and O–H groups in total. The molecule has 1 aromatic carbocycles. The van der Waals surface area contributed by atoms with Crippen LogP contribution in [0.2, 0.25) is 0 Å². The van der Waals surface area contributed by atoms with Crippen molar-refractivity contribution in [2.75, 3.05) is 0 Å². The van der Waals surface area contributed by atoms with Crippen molar-refractivity contribution in [2.45, 2.75) is 41.0 Å². The van der Waals surface area contributed by atoms with Crippen molar-refractivity contribution in [1.29, 1.82) is 0 Å². The van der Waals surface area contributed by atoms with E-state index in [4.69, 9.17) is 0 Å². The second kappa shape index (κ2) is 5.34. The molecule has 1 aliphatic rings. The van der Waals surface area contributed by atoms with E-state index in [0.717, 1.165) is 16.5 Å². The number of aryl methyl sites for hydroxylation is 1. The molecule has 0 radical (unpaired) electrons. The molecular formula is C18H21BrO3. The van der Waals surface area contributed by atoms with Gasteiger partial charge in [0.15, 0.2) is 11.6 Å². The minimum Gasteiger partial charge on any atom is -0.510 e. The number of hydrogen-bond donors (Lipinski definition) is 1. The first kappa shape index (κ1) is 16.9. The quantitative estimate of drug-likeness (QED) is 0.786. The van der Waals surface area contributed by atoms with Gasteiger partial charge in [-0.1, -0.05) is 28.9 Å². The molecule has 0 unspecified atom stereocenters. The molecule has 4 heteroatoms. The van der Waals surface area contributed by atoms with Crippen molar-refractivity contribution in [1.82, 2.24) is 0 Å². The third-order valence-corrected chi connectivity index (χ3v) is 4.97. The largest absolute Gasteiger partial charge is 0.510 e. The number of Topliss-reactive ketones (excluding diaryl/α,β-unsaturated/α-hetero) is 2. The lowest BCUT2D eigenvalue weighted by atomic mass is 9.62. The SMILES string of the molecule is CCc1cc(Br)ccc1C1=C(O)C(C)(C)C(=O)C(C)(C)C1=O. The van der Waals surface area contributed by atoms with Gasteiger partial charge < -0.3 is 5.11 Å². The van der Waals surface area contributed by atoms with E-state index < -0.39 is 10.8 Å². The van der Waals surface area contributed by atoms with Gasteiger partial charge in [-0.25, -0.2) is 0 Å². The molecule has 0 saturated heterocycles. The summed E-state index contributed by atoms with van der Waals surface area (Å²) in [5.74, 6) is -0.688. The van der Waals surface area contributed by atoms with E-state index in [0.29, 0.717) is 5.56 Å². The lowest BCUT2D eigenvalue weighted by Gasteiger charge is -2.38. The predicted octanol–water partition coefficient (Wildman–Crippen LogP) is 4.48. The second-order valence-corrected chi connectivity index (χ2v) is 7.70. The minimum absolute atomic E-state index is 0.126. The summed E-state index contributed by atoms with van der Waals surface area (Å²) in [6, 6.07) is 5.62. The van der Waals surface area contributed by atoms with Crippen molar-refractivity contribution in [3.8, 4) is 0 Å². The highest BCUT2D eigenvalue weighted by atomic mass is 79.9. The van der Waals surface area contributed by atoms with E-state index >= 15 is 0 Å². The van der Waals surface area contributed by atoms with Crippen LogP contribution in [0.3, 0.4) is 0 Å². The van der Waals surface area contributed by atoms with Gasteiger partial charge in [-0.3, -0.25) is 9.59 Å². The first-order valence-electron chi connectivity index (χ1n) is 7.37. The third kappa shape index (κ3) is 2.34. The molecule has 3 nitrogen and oxygen atoms in total. The number of allylic oxidation sites excluding steroid dienone is 2. The lowest BCUT2D eigenvalue weighted by Crippen LogP contribution is -2.48. The third-order valence-electron chi connectivity index (χ3n) is 4.48. The lowest BCUT2D eigenvalue weighted by molar-refractivity contribution is -0.143. The number of ketones is 2. The highest BCUT2D eigenvalue weighted by Gasteiger charge is 2.53. The van der Waals surface area contributed by atoms with E-state index in [2.05, 4.69) is 15.9 Å². The van der Waals surface area contributed by atoms with Crippen LogP contribution in [0.4, 0.5) is 0 Å². The summed E-state index contributed by atoms with van der Waals surface area (Å²) in [4.78, 5) is 25.4. The first-order valence-corrected chi connectivity index (χ1v) is 8.16. The summed E-state index contributed by atoms with van der Waals surface area (Å²) in [5.41, 5.74) is -0.250. The van der Waals surface area contributed by atoms with Crippen LogP contribution in [0.1, 0.15) is 45.7 Å². The molecule has 0 atom stereocenters. The molecule has 1 aromatic rings. The van der Waals surface area contributed by atoms with E-state index in [1.54, 1.807) is 27.7 Å². The Morgan fingerprint density at radius 2 is 1.68 bits per heavy atom. The van der Waals surface area contributed by atoms with E-state index in [9.17, 15) is 14.7 Å². The zero-order valence-corrected chi connectivity index (χ0v) is 15.2. The van der Waals surface area contributed by atoms with Gasteiger partial charge in [0.1, 0.15) is 5.76 Å². The van der Waals surface area contributed by atoms with Gasteiger partial charge in [0, 0.05) is 4.47 Å². The van der Waals surface area contributed by atoms with Crippen molar-refractivity contribution in [2.24, 2.45) is 10.8 Å². The van der Waals surface area contributed by atoms with Crippen LogP contribution in [0.25, 0.3) is 5.57 Å². The molecule has 0 aliphatic heterocycles. The zero-order chi connectivity index (χ0) is 16.9. The number of carbonyl (C=O) groups excluding carboxylic acids is 2. The molecule has 0 saturated carbocycles. The Labute approximate surface area is 139 Å². The van der Waals surface area contributed by atoms with Gasteiger partial charge >= 0.3 is 0 Å². The molecule has 0 fully saturated rings. The van der Waals surface area contributed by atoms with Gasteiger partial charge in [0.25, 0.3) is 0 Å². The number of rotatable bonds is 2. The average molecular weight is 365 g/mol. The van der Waals surface area contributed by atoms with Crippen LogP contribution in [0.15, 0.2) is 28.4 Å². The summed E-state index contributed by atoms with van der Waals surface area (Å²) in [7, 11) is 0. The Kier molecular flexibility index (Phi) is 4.11.